The van der Waals surface area contributed by atoms with Crippen molar-refractivity contribution in [3.63, 3.8) is 0 Å². The second kappa shape index (κ2) is 8.11. The Morgan fingerprint density at radius 2 is 1.96 bits per heavy atom. The maximum Gasteiger partial charge on any atom is 0.326 e. The highest BCUT2D eigenvalue weighted by atomic mass is 16.5. The van der Waals surface area contributed by atoms with E-state index in [1.165, 1.54) is 16.0 Å². The molecule has 0 aromatic heterocycles. The van der Waals surface area contributed by atoms with Crippen LogP contribution in [-0.4, -0.2) is 47.7 Å². The molecule has 2 atom stereocenters. The van der Waals surface area contributed by atoms with Gasteiger partial charge in [-0.2, -0.15) is 0 Å². The molecule has 5 heteroatoms. The first-order chi connectivity index (χ1) is 11.0. The number of hydrogen-bond donors (Lipinski definition) is 1. The number of aliphatic carboxylic acids is 1. The molecule has 1 aromatic rings. The van der Waals surface area contributed by atoms with Gasteiger partial charge in [0.2, 0.25) is 5.91 Å². The zero-order valence-corrected chi connectivity index (χ0v) is 13.8. The number of carboxylic acid groups (broad SMARTS) is 1. The number of likely N-dealkylation sites (tertiary alicyclic amines) is 1. The maximum absolute atomic E-state index is 12.3. The number of hydrogen-bond acceptors (Lipinski definition) is 3. The summed E-state index contributed by atoms with van der Waals surface area (Å²) in [5.41, 5.74) is 2.51. The Balaban J connectivity index is 1.77. The smallest absolute Gasteiger partial charge is 0.326 e. The van der Waals surface area contributed by atoms with Gasteiger partial charge in [-0.05, 0) is 31.7 Å². The number of rotatable bonds is 7. The molecule has 1 N–H and O–H groups in total. The fourth-order valence-corrected chi connectivity index (χ4v) is 2.98. The van der Waals surface area contributed by atoms with E-state index in [1.807, 2.05) is 0 Å². The molecule has 1 aliphatic rings. The standard InChI is InChI=1S/C18H25NO4/c1-13-7-9-14(10-8-13)5-3-4-6-17(20)19-12-15(23-2)11-16(19)18(21)22/h7-10,15-16H,3-6,11-12H2,1-2H3,(H,21,22). The third-order valence-electron chi connectivity index (χ3n) is 4.43. The summed E-state index contributed by atoms with van der Waals surface area (Å²) in [7, 11) is 1.55. The normalized spacial score (nSPS) is 20.7. The zero-order valence-electron chi connectivity index (χ0n) is 13.8. The molecule has 1 aromatic carbocycles. The van der Waals surface area contributed by atoms with E-state index in [1.54, 1.807) is 7.11 Å². The molecular formula is C18H25NO4. The molecule has 2 unspecified atom stereocenters. The number of amides is 1. The predicted octanol–water partition coefficient (Wildman–Crippen LogP) is 2.41. The number of aryl methyl sites for hydroxylation is 2. The second-order valence-electron chi connectivity index (χ2n) is 6.19. The average Bonchev–Trinajstić information content (AvgIpc) is 2.98. The highest BCUT2D eigenvalue weighted by Crippen LogP contribution is 2.22. The van der Waals surface area contributed by atoms with Crippen molar-refractivity contribution < 1.29 is 19.4 Å². The van der Waals surface area contributed by atoms with Crippen molar-refractivity contribution in [2.45, 2.75) is 51.2 Å². The Bertz CT molecular complexity index is 540. The minimum atomic E-state index is -0.947. The highest BCUT2D eigenvalue weighted by molar-refractivity contribution is 5.84. The average molecular weight is 319 g/mol. The van der Waals surface area contributed by atoms with Crippen LogP contribution in [0.4, 0.5) is 0 Å². The SMILES string of the molecule is COC1CC(C(=O)O)N(C(=O)CCCCc2ccc(C)cc2)C1. The molecule has 0 saturated carbocycles. The summed E-state index contributed by atoms with van der Waals surface area (Å²) in [5.74, 6) is -1.03. The number of benzene rings is 1. The van der Waals surface area contributed by atoms with Crippen LogP contribution in [0.1, 0.15) is 36.8 Å². The molecule has 5 nitrogen and oxygen atoms in total. The van der Waals surface area contributed by atoms with Gasteiger partial charge in [0.25, 0.3) is 0 Å². The van der Waals surface area contributed by atoms with E-state index < -0.39 is 12.0 Å². The summed E-state index contributed by atoms with van der Waals surface area (Å²) < 4.78 is 5.21. The van der Waals surface area contributed by atoms with E-state index >= 15 is 0 Å². The maximum atomic E-state index is 12.3. The van der Waals surface area contributed by atoms with E-state index in [9.17, 15) is 14.7 Å². The number of nitrogens with zero attached hydrogens (tertiary/aromatic N) is 1. The third kappa shape index (κ3) is 4.79. The number of carbonyl (C=O) groups is 2. The zero-order chi connectivity index (χ0) is 16.8. The van der Waals surface area contributed by atoms with E-state index in [-0.39, 0.29) is 12.0 Å². The largest absolute Gasteiger partial charge is 0.480 e. The Kier molecular flexibility index (Phi) is 6.16. The minimum absolute atomic E-state index is 0.0825. The summed E-state index contributed by atoms with van der Waals surface area (Å²) in [6.45, 7) is 2.44. The third-order valence-corrected chi connectivity index (χ3v) is 4.43. The fraction of sp³-hybridized carbons (Fsp3) is 0.556. The molecule has 0 spiro atoms. The van der Waals surface area contributed by atoms with Gasteiger partial charge in [-0.1, -0.05) is 29.8 Å². The van der Waals surface area contributed by atoms with E-state index in [0.717, 1.165) is 19.3 Å². The molecule has 126 valence electrons. The van der Waals surface area contributed by atoms with Crippen LogP contribution in [0.15, 0.2) is 24.3 Å². The lowest BCUT2D eigenvalue weighted by Gasteiger charge is -2.21. The monoisotopic (exact) mass is 319 g/mol. The van der Waals surface area contributed by atoms with E-state index in [0.29, 0.717) is 19.4 Å². The van der Waals surface area contributed by atoms with E-state index in [4.69, 9.17) is 4.74 Å². The first kappa shape index (κ1) is 17.5. The number of unbranched alkanes of at least 4 members (excludes halogenated alkanes) is 1. The molecule has 1 aliphatic heterocycles. The molecule has 0 aliphatic carbocycles. The first-order valence-electron chi connectivity index (χ1n) is 8.12. The fourth-order valence-electron chi connectivity index (χ4n) is 2.98. The topological polar surface area (TPSA) is 66.8 Å². The molecule has 2 rings (SSSR count). The molecule has 1 amide bonds. The minimum Gasteiger partial charge on any atom is -0.480 e. The van der Waals surface area contributed by atoms with Crippen LogP contribution < -0.4 is 0 Å². The van der Waals surface area contributed by atoms with Crippen molar-refractivity contribution in [2.24, 2.45) is 0 Å². The number of methoxy groups -OCH3 is 1. The molecule has 1 fully saturated rings. The summed E-state index contributed by atoms with van der Waals surface area (Å²) in [4.78, 5) is 25.0. The Morgan fingerprint density at radius 3 is 2.57 bits per heavy atom. The van der Waals surface area contributed by atoms with Crippen LogP contribution in [0.3, 0.4) is 0 Å². The number of ether oxygens (including phenoxy) is 1. The molecule has 0 bridgehead atoms. The van der Waals surface area contributed by atoms with Crippen molar-refractivity contribution in [1.82, 2.24) is 4.90 Å². The Hall–Kier alpha value is -1.88. The van der Waals surface area contributed by atoms with Crippen molar-refractivity contribution in [2.75, 3.05) is 13.7 Å². The van der Waals surface area contributed by atoms with Crippen molar-refractivity contribution in [3.8, 4) is 0 Å². The predicted molar refractivity (Wildman–Crippen MR) is 87.3 cm³/mol. The van der Waals surface area contributed by atoms with Gasteiger partial charge < -0.3 is 14.7 Å². The van der Waals surface area contributed by atoms with Crippen LogP contribution in [0, 0.1) is 6.92 Å². The first-order valence-corrected chi connectivity index (χ1v) is 8.12. The van der Waals surface area contributed by atoms with Crippen LogP contribution in [0.2, 0.25) is 0 Å². The van der Waals surface area contributed by atoms with Crippen molar-refractivity contribution in [1.29, 1.82) is 0 Å². The van der Waals surface area contributed by atoms with Gasteiger partial charge in [0, 0.05) is 26.5 Å². The number of carbonyl (C=O) groups excluding carboxylic acids is 1. The van der Waals surface area contributed by atoms with Gasteiger partial charge >= 0.3 is 5.97 Å². The lowest BCUT2D eigenvalue weighted by atomic mass is 10.1. The van der Waals surface area contributed by atoms with Crippen LogP contribution in [0.5, 0.6) is 0 Å². The molecule has 1 saturated heterocycles. The molecule has 0 radical (unpaired) electrons. The second-order valence-corrected chi connectivity index (χ2v) is 6.19. The van der Waals surface area contributed by atoms with Crippen LogP contribution in [0.25, 0.3) is 0 Å². The Labute approximate surface area is 137 Å². The Morgan fingerprint density at radius 1 is 1.26 bits per heavy atom. The van der Waals surface area contributed by atoms with E-state index in [2.05, 4.69) is 31.2 Å². The molecular weight excluding hydrogens is 294 g/mol. The van der Waals surface area contributed by atoms with Crippen LogP contribution in [-0.2, 0) is 20.7 Å². The lowest BCUT2D eigenvalue weighted by Crippen LogP contribution is -2.40. The van der Waals surface area contributed by atoms with Gasteiger partial charge in [0.1, 0.15) is 6.04 Å². The van der Waals surface area contributed by atoms with Crippen molar-refractivity contribution in [3.05, 3.63) is 35.4 Å². The van der Waals surface area contributed by atoms with Gasteiger partial charge in [0.15, 0.2) is 0 Å². The van der Waals surface area contributed by atoms with Gasteiger partial charge in [-0.25, -0.2) is 4.79 Å². The van der Waals surface area contributed by atoms with Gasteiger partial charge in [-0.15, -0.1) is 0 Å². The molecule has 1 heterocycles. The van der Waals surface area contributed by atoms with Gasteiger partial charge in [-0.3, -0.25) is 4.79 Å². The lowest BCUT2D eigenvalue weighted by molar-refractivity contribution is -0.148. The quantitative estimate of drug-likeness (QED) is 0.784. The highest BCUT2D eigenvalue weighted by Gasteiger charge is 2.39. The summed E-state index contributed by atoms with van der Waals surface area (Å²) >= 11 is 0. The summed E-state index contributed by atoms with van der Waals surface area (Å²) in [5, 5.41) is 9.24. The van der Waals surface area contributed by atoms with Gasteiger partial charge in [0.05, 0.1) is 6.10 Å². The summed E-state index contributed by atoms with van der Waals surface area (Å²) in [6.07, 6.45) is 3.23. The summed E-state index contributed by atoms with van der Waals surface area (Å²) in [6, 6.07) is 7.66. The number of carboxylic acids is 1. The van der Waals surface area contributed by atoms with Crippen molar-refractivity contribution >= 4 is 11.9 Å². The van der Waals surface area contributed by atoms with Crippen LogP contribution >= 0.6 is 0 Å². The molecule has 23 heavy (non-hydrogen) atoms.